The Labute approximate surface area is 172 Å². The lowest BCUT2D eigenvalue weighted by Gasteiger charge is -2.16. The lowest BCUT2D eigenvalue weighted by Crippen LogP contribution is -2.37. The quantitative estimate of drug-likeness (QED) is 0.543. The van der Waals surface area contributed by atoms with Crippen molar-refractivity contribution in [1.29, 1.82) is 0 Å². The van der Waals surface area contributed by atoms with Gasteiger partial charge < -0.3 is 10.6 Å². The van der Waals surface area contributed by atoms with Gasteiger partial charge in [0.2, 0.25) is 0 Å². The number of thiophene rings is 1. The van der Waals surface area contributed by atoms with E-state index in [2.05, 4.69) is 24.5 Å². The maximum Gasteiger partial charge on any atom is 0.267 e. The monoisotopic (exact) mass is 398 g/mol. The Kier molecular flexibility index (Phi) is 8.95. The Bertz CT molecular complexity index is 779. The molecule has 0 bridgehead atoms. The molecule has 2 rings (SSSR count). The number of nitrogens with one attached hydrogen (secondary N) is 2. The minimum absolute atomic E-state index is 0.246. The lowest BCUT2D eigenvalue weighted by atomic mass is 9.99. The normalized spacial score (nSPS) is 12.5. The van der Waals surface area contributed by atoms with E-state index < -0.39 is 0 Å². The molecular weight excluding hydrogens is 368 g/mol. The minimum Gasteiger partial charge on any atom is -0.350 e. The third-order valence-corrected chi connectivity index (χ3v) is 5.55. The van der Waals surface area contributed by atoms with Gasteiger partial charge in [-0.05, 0) is 48.9 Å². The molecule has 1 unspecified atom stereocenters. The van der Waals surface area contributed by atoms with Crippen molar-refractivity contribution in [3.8, 4) is 0 Å². The van der Waals surface area contributed by atoms with E-state index in [0.717, 1.165) is 36.1 Å². The third kappa shape index (κ3) is 6.97. The van der Waals surface area contributed by atoms with Gasteiger partial charge in [0.05, 0.1) is 0 Å². The van der Waals surface area contributed by atoms with Crippen LogP contribution in [-0.4, -0.2) is 18.4 Å². The molecular formula is C23H30N2O2S. The Morgan fingerprint density at radius 3 is 2.50 bits per heavy atom. The molecule has 0 aliphatic carbocycles. The molecule has 5 heteroatoms. The first-order valence-electron chi connectivity index (χ1n) is 9.94. The summed E-state index contributed by atoms with van der Waals surface area (Å²) in [6.07, 6.45) is 6.18. The van der Waals surface area contributed by atoms with E-state index in [1.165, 1.54) is 11.3 Å². The molecule has 2 aromatic rings. The number of aryl methyl sites for hydroxylation is 1. The summed E-state index contributed by atoms with van der Waals surface area (Å²) in [6.45, 7) is 6.92. The fourth-order valence-corrected chi connectivity index (χ4v) is 3.51. The van der Waals surface area contributed by atoms with Crippen molar-refractivity contribution in [2.45, 2.75) is 46.5 Å². The van der Waals surface area contributed by atoms with Crippen molar-refractivity contribution in [2.75, 3.05) is 6.54 Å². The second-order valence-corrected chi connectivity index (χ2v) is 8.00. The number of carbonyl (C=O) groups is 2. The maximum atomic E-state index is 12.8. The highest BCUT2D eigenvalue weighted by molar-refractivity contribution is 7.10. The van der Waals surface area contributed by atoms with Gasteiger partial charge in [-0.2, -0.15) is 0 Å². The summed E-state index contributed by atoms with van der Waals surface area (Å²) in [7, 11) is 0. The molecule has 2 amide bonds. The van der Waals surface area contributed by atoms with Gasteiger partial charge >= 0.3 is 0 Å². The molecule has 1 aromatic heterocycles. The molecule has 0 fully saturated rings. The third-order valence-electron chi connectivity index (χ3n) is 4.73. The molecule has 0 aliphatic heterocycles. The van der Waals surface area contributed by atoms with Crippen molar-refractivity contribution in [2.24, 2.45) is 5.92 Å². The zero-order valence-corrected chi connectivity index (χ0v) is 17.8. The number of hydrogen-bond donors (Lipinski definition) is 2. The molecule has 2 N–H and O–H groups in total. The van der Waals surface area contributed by atoms with Crippen LogP contribution in [0.25, 0.3) is 6.08 Å². The van der Waals surface area contributed by atoms with Gasteiger partial charge in [0, 0.05) is 17.0 Å². The van der Waals surface area contributed by atoms with Crippen molar-refractivity contribution in [3.63, 3.8) is 0 Å². The second-order valence-electron chi connectivity index (χ2n) is 7.02. The van der Waals surface area contributed by atoms with E-state index in [1.54, 1.807) is 18.2 Å². The van der Waals surface area contributed by atoms with Crippen molar-refractivity contribution in [3.05, 3.63) is 63.5 Å². The summed E-state index contributed by atoms with van der Waals surface area (Å²) < 4.78 is 0. The fraction of sp³-hybridized carbons (Fsp3) is 0.391. The van der Waals surface area contributed by atoms with Crippen molar-refractivity contribution < 1.29 is 9.59 Å². The Balaban J connectivity index is 2.09. The number of amides is 2. The average molecular weight is 399 g/mol. The molecule has 4 nitrogen and oxygen atoms in total. The van der Waals surface area contributed by atoms with E-state index in [9.17, 15) is 9.59 Å². The molecule has 1 atom stereocenters. The Morgan fingerprint density at radius 2 is 1.89 bits per heavy atom. The van der Waals surface area contributed by atoms with Crippen molar-refractivity contribution >= 4 is 29.2 Å². The number of carbonyl (C=O) groups excluding carboxylic acids is 2. The number of rotatable bonds is 10. The summed E-state index contributed by atoms with van der Waals surface area (Å²) in [5.41, 5.74) is 1.89. The Morgan fingerprint density at radius 1 is 1.14 bits per heavy atom. The highest BCUT2D eigenvalue weighted by Crippen LogP contribution is 2.15. The van der Waals surface area contributed by atoms with Crippen LogP contribution in [0.2, 0.25) is 0 Å². The molecule has 0 spiro atoms. The van der Waals surface area contributed by atoms with Gasteiger partial charge in [-0.3, -0.25) is 9.59 Å². The first-order valence-corrected chi connectivity index (χ1v) is 10.8. The molecule has 28 heavy (non-hydrogen) atoms. The van der Waals surface area contributed by atoms with Crippen molar-refractivity contribution in [1.82, 2.24) is 10.6 Å². The zero-order valence-electron chi connectivity index (χ0n) is 17.0. The first-order chi connectivity index (χ1) is 13.5. The topological polar surface area (TPSA) is 58.2 Å². The summed E-state index contributed by atoms with van der Waals surface area (Å²) >= 11 is 1.53. The summed E-state index contributed by atoms with van der Waals surface area (Å²) in [5, 5.41) is 7.74. The zero-order chi connectivity index (χ0) is 20.4. The lowest BCUT2D eigenvalue weighted by molar-refractivity contribution is -0.117. The van der Waals surface area contributed by atoms with E-state index in [4.69, 9.17) is 0 Å². The number of hydrogen-bond acceptors (Lipinski definition) is 3. The van der Waals surface area contributed by atoms with Gasteiger partial charge in [0.1, 0.15) is 5.70 Å². The van der Waals surface area contributed by atoms with E-state index in [1.807, 2.05) is 36.6 Å². The van der Waals surface area contributed by atoms with Crippen LogP contribution in [0.15, 0.2) is 47.5 Å². The molecule has 150 valence electrons. The van der Waals surface area contributed by atoms with Gasteiger partial charge in [0.15, 0.2) is 0 Å². The van der Waals surface area contributed by atoms with Crippen LogP contribution >= 0.6 is 11.3 Å². The van der Waals surface area contributed by atoms with Crippen LogP contribution in [0.3, 0.4) is 0 Å². The fourth-order valence-electron chi connectivity index (χ4n) is 2.85. The molecule has 0 saturated carbocycles. The van der Waals surface area contributed by atoms with Crippen LogP contribution in [0.1, 0.15) is 60.3 Å². The summed E-state index contributed by atoms with van der Waals surface area (Å²) in [4.78, 5) is 26.3. The maximum absolute atomic E-state index is 12.8. The standard InChI is InChI=1S/C23H30N2O2S/c1-4-6-8-18(5-2)16-24-23(27)21(15-20-9-7-14-28-20)25-22(26)19-12-10-17(3)11-13-19/h7,9-15,18H,4-6,8,16H2,1-3H3,(H,24,27)(H,25,26)/b21-15-. The first kappa shape index (κ1) is 21.9. The van der Waals surface area contributed by atoms with Gasteiger partial charge in [0.25, 0.3) is 11.8 Å². The van der Waals surface area contributed by atoms with Crippen LogP contribution in [0, 0.1) is 12.8 Å². The highest BCUT2D eigenvalue weighted by atomic mass is 32.1. The van der Waals surface area contributed by atoms with Gasteiger partial charge in [-0.25, -0.2) is 0 Å². The van der Waals surface area contributed by atoms with Crippen LogP contribution in [-0.2, 0) is 4.79 Å². The largest absolute Gasteiger partial charge is 0.350 e. The summed E-state index contributed by atoms with van der Waals surface area (Å²) in [5.74, 6) is -0.0699. The molecule has 0 radical (unpaired) electrons. The molecule has 0 saturated heterocycles. The summed E-state index contributed by atoms with van der Waals surface area (Å²) in [6, 6.07) is 11.2. The van der Waals surface area contributed by atoms with Gasteiger partial charge in [-0.1, -0.05) is 56.9 Å². The van der Waals surface area contributed by atoms with Crippen LogP contribution in [0.4, 0.5) is 0 Å². The van der Waals surface area contributed by atoms with Gasteiger partial charge in [-0.15, -0.1) is 11.3 Å². The smallest absolute Gasteiger partial charge is 0.267 e. The van der Waals surface area contributed by atoms with Crippen LogP contribution < -0.4 is 10.6 Å². The van der Waals surface area contributed by atoms with E-state index in [-0.39, 0.29) is 17.5 Å². The van der Waals surface area contributed by atoms with Crippen LogP contribution in [0.5, 0.6) is 0 Å². The molecule has 0 aliphatic rings. The highest BCUT2D eigenvalue weighted by Gasteiger charge is 2.16. The average Bonchev–Trinajstić information content (AvgIpc) is 3.21. The van der Waals surface area contributed by atoms with E-state index in [0.29, 0.717) is 18.0 Å². The second kappa shape index (κ2) is 11.4. The SMILES string of the molecule is CCCCC(CC)CNC(=O)/C(=C/c1cccs1)NC(=O)c1ccc(C)cc1. The van der Waals surface area contributed by atoms with E-state index >= 15 is 0 Å². The molecule has 1 heterocycles. The molecule has 1 aromatic carbocycles. The minimum atomic E-state index is -0.281. The predicted octanol–water partition coefficient (Wildman–Crippen LogP) is 5.16. The Hall–Kier alpha value is -2.40. The predicted molar refractivity (Wildman–Crippen MR) is 117 cm³/mol. The number of benzene rings is 1. The number of unbranched alkanes of at least 4 members (excludes halogenated alkanes) is 1.